The van der Waals surface area contributed by atoms with E-state index in [1.807, 2.05) is 0 Å². The Kier molecular flexibility index (Phi) is 3.79. The highest BCUT2D eigenvalue weighted by molar-refractivity contribution is 6.28. The van der Waals surface area contributed by atoms with E-state index >= 15 is 0 Å². The standard InChI is InChI=1S/C6H15BN3/c1-2-9-7-10-5-3-8-4-6-10/h8-9H,2-6H2,1H3. The number of nitrogens with one attached hydrogen (secondary N) is 2. The molecular weight excluding hydrogens is 125 g/mol. The Morgan fingerprint density at radius 1 is 1.50 bits per heavy atom. The highest BCUT2D eigenvalue weighted by Crippen LogP contribution is 1.85. The second-order valence-corrected chi connectivity index (χ2v) is 2.47. The highest BCUT2D eigenvalue weighted by Gasteiger charge is 2.08. The van der Waals surface area contributed by atoms with Gasteiger partial charge in [0.05, 0.1) is 0 Å². The molecule has 0 saturated carbocycles. The summed E-state index contributed by atoms with van der Waals surface area (Å²) in [4.78, 5) is 2.31. The van der Waals surface area contributed by atoms with E-state index in [4.69, 9.17) is 0 Å². The SMILES string of the molecule is CCN[B]N1CCNCC1. The minimum Gasteiger partial charge on any atom is -0.346 e. The fourth-order valence-electron chi connectivity index (χ4n) is 1.03. The number of hydrogen-bond donors (Lipinski definition) is 2. The molecule has 1 rings (SSSR count). The van der Waals surface area contributed by atoms with Crippen molar-refractivity contribution in [1.82, 2.24) is 15.4 Å². The fraction of sp³-hybridized carbons (Fsp3) is 1.00. The van der Waals surface area contributed by atoms with Gasteiger partial charge in [-0.25, -0.2) is 0 Å². The van der Waals surface area contributed by atoms with Crippen molar-refractivity contribution in [3.05, 3.63) is 0 Å². The fourth-order valence-corrected chi connectivity index (χ4v) is 1.03. The third kappa shape index (κ3) is 2.69. The van der Waals surface area contributed by atoms with Crippen LogP contribution in [0.4, 0.5) is 0 Å². The van der Waals surface area contributed by atoms with Crippen molar-refractivity contribution in [2.75, 3.05) is 32.7 Å². The van der Waals surface area contributed by atoms with Crippen LogP contribution < -0.4 is 10.5 Å². The van der Waals surface area contributed by atoms with E-state index in [2.05, 4.69) is 29.8 Å². The first-order valence-corrected chi connectivity index (χ1v) is 3.95. The van der Waals surface area contributed by atoms with Crippen LogP contribution in [0.15, 0.2) is 0 Å². The zero-order chi connectivity index (χ0) is 7.23. The normalized spacial score (nSPS) is 20.9. The van der Waals surface area contributed by atoms with Crippen molar-refractivity contribution in [3.8, 4) is 0 Å². The average Bonchev–Trinajstić information content (AvgIpc) is 2.03. The molecule has 1 aliphatic heterocycles. The lowest BCUT2D eigenvalue weighted by molar-refractivity contribution is 0.371. The topological polar surface area (TPSA) is 27.3 Å². The average molecular weight is 140 g/mol. The second-order valence-electron chi connectivity index (χ2n) is 2.47. The van der Waals surface area contributed by atoms with Crippen molar-refractivity contribution in [3.63, 3.8) is 0 Å². The summed E-state index contributed by atoms with van der Waals surface area (Å²) >= 11 is 0. The van der Waals surface area contributed by atoms with Gasteiger partial charge in [0, 0.05) is 26.2 Å². The molecule has 1 aliphatic rings. The summed E-state index contributed by atoms with van der Waals surface area (Å²) in [6, 6.07) is 0. The van der Waals surface area contributed by atoms with Gasteiger partial charge in [0.25, 0.3) is 0 Å². The molecule has 0 bridgehead atoms. The van der Waals surface area contributed by atoms with Gasteiger partial charge >= 0.3 is 7.55 Å². The lowest BCUT2D eigenvalue weighted by atomic mass is 10.1. The van der Waals surface area contributed by atoms with Crippen LogP contribution in [0.2, 0.25) is 0 Å². The number of hydrogen-bond acceptors (Lipinski definition) is 3. The van der Waals surface area contributed by atoms with Crippen molar-refractivity contribution < 1.29 is 0 Å². The van der Waals surface area contributed by atoms with E-state index in [-0.39, 0.29) is 0 Å². The van der Waals surface area contributed by atoms with E-state index < -0.39 is 0 Å². The maximum absolute atomic E-state index is 3.30. The molecule has 10 heavy (non-hydrogen) atoms. The monoisotopic (exact) mass is 140 g/mol. The first-order valence-electron chi connectivity index (χ1n) is 3.95. The predicted octanol–water partition coefficient (Wildman–Crippen LogP) is -0.965. The van der Waals surface area contributed by atoms with Gasteiger partial charge < -0.3 is 15.4 Å². The predicted molar refractivity (Wildman–Crippen MR) is 43.9 cm³/mol. The zero-order valence-electron chi connectivity index (χ0n) is 6.56. The van der Waals surface area contributed by atoms with Gasteiger partial charge in [-0.3, -0.25) is 0 Å². The maximum atomic E-state index is 3.30. The van der Waals surface area contributed by atoms with Crippen molar-refractivity contribution >= 4 is 7.55 Å². The smallest absolute Gasteiger partial charge is 0.310 e. The summed E-state index contributed by atoms with van der Waals surface area (Å²) in [5, 5.41) is 6.49. The summed E-state index contributed by atoms with van der Waals surface area (Å²) in [5.41, 5.74) is 0. The molecule has 0 aromatic carbocycles. The first kappa shape index (κ1) is 8.05. The van der Waals surface area contributed by atoms with E-state index in [9.17, 15) is 0 Å². The van der Waals surface area contributed by atoms with E-state index in [0.717, 1.165) is 32.7 Å². The molecule has 0 amide bonds. The van der Waals surface area contributed by atoms with Crippen LogP contribution in [0.1, 0.15) is 6.92 Å². The molecule has 1 heterocycles. The molecule has 1 saturated heterocycles. The summed E-state index contributed by atoms with van der Waals surface area (Å²) in [5.74, 6) is 0. The van der Waals surface area contributed by atoms with E-state index in [0.29, 0.717) is 0 Å². The molecule has 1 fully saturated rings. The lowest BCUT2D eigenvalue weighted by Crippen LogP contribution is -2.49. The van der Waals surface area contributed by atoms with Crippen LogP contribution in [-0.4, -0.2) is 45.1 Å². The molecule has 0 spiro atoms. The Morgan fingerprint density at radius 3 is 2.80 bits per heavy atom. The Morgan fingerprint density at radius 2 is 2.20 bits per heavy atom. The van der Waals surface area contributed by atoms with Crippen LogP contribution in [-0.2, 0) is 0 Å². The molecule has 4 heteroatoms. The summed E-state index contributed by atoms with van der Waals surface area (Å²) in [6.07, 6.45) is 0. The second kappa shape index (κ2) is 4.71. The largest absolute Gasteiger partial charge is 0.346 e. The van der Waals surface area contributed by atoms with Gasteiger partial charge in [-0.2, -0.15) is 0 Å². The molecule has 1 radical (unpaired) electrons. The van der Waals surface area contributed by atoms with E-state index in [1.54, 1.807) is 0 Å². The maximum Gasteiger partial charge on any atom is 0.310 e. The quantitative estimate of drug-likeness (QED) is 0.494. The minimum atomic E-state index is 1.02. The minimum absolute atomic E-state index is 1.02. The molecular formula is C6H15BN3. The van der Waals surface area contributed by atoms with Gasteiger partial charge in [0.15, 0.2) is 0 Å². The Bertz CT molecular complexity index is 83.1. The molecule has 0 atom stereocenters. The summed E-state index contributed by atoms with van der Waals surface area (Å²) in [7, 11) is 2.08. The van der Waals surface area contributed by atoms with Gasteiger partial charge in [-0.15, -0.1) is 0 Å². The van der Waals surface area contributed by atoms with Gasteiger partial charge in [-0.05, 0) is 6.54 Å². The third-order valence-corrected chi connectivity index (χ3v) is 1.63. The van der Waals surface area contributed by atoms with Crippen LogP contribution in [0.25, 0.3) is 0 Å². The van der Waals surface area contributed by atoms with Gasteiger partial charge in [-0.1, -0.05) is 6.92 Å². The Hall–Kier alpha value is -0.0551. The third-order valence-electron chi connectivity index (χ3n) is 1.63. The van der Waals surface area contributed by atoms with Gasteiger partial charge in [0.2, 0.25) is 0 Å². The highest BCUT2D eigenvalue weighted by atomic mass is 15.2. The molecule has 0 aromatic heterocycles. The Balaban J connectivity index is 2.02. The Labute approximate surface area is 63.5 Å². The number of piperazine rings is 1. The van der Waals surface area contributed by atoms with Crippen LogP contribution in [0.5, 0.6) is 0 Å². The van der Waals surface area contributed by atoms with Crippen LogP contribution in [0, 0.1) is 0 Å². The molecule has 0 unspecified atom stereocenters. The molecule has 0 aromatic rings. The first-order chi connectivity index (χ1) is 4.93. The summed E-state index contributed by atoms with van der Waals surface area (Å²) < 4.78 is 0. The number of nitrogens with zero attached hydrogens (tertiary/aromatic N) is 1. The number of rotatable bonds is 3. The van der Waals surface area contributed by atoms with Crippen molar-refractivity contribution in [1.29, 1.82) is 0 Å². The van der Waals surface area contributed by atoms with Crippen molar-refractivity contribution in [2.45, 2.75) is 6.92 Å². The zero-order valence-corrected chi connectivity index (χ0v) is 6.56. The van der Waals surface area contributed by atoms with Crippen LogP contribution >= 0.6 is 0 Å². The van der Waals surface area contributed by atoms with E-state index in [1.165, 1.54) is 0 Å². The van der Waals surface area contributed by atoms with Gasteiger partial charge in [0.1, 0.15) is 0 Å². The molecule has 0 aliphatic carbocycles. The molecule has 57 valence electrons. The molecule has 3 nitrogen and oxygen atoms in total. The lowest BCUT2D eigenvalue weighted by Gasteiger charge is -2.26. The van der Waals surface area contributed by atoms with Crippen molar-refractivity contribution in [2.24, 2.45) is 0 Å². The van der Waals surface area contributed by atoms with Crippen LogP contribution in [0.3, 0.4) is 0 Å². The summed E-state index contributed by atoms with van der Waals surface area (Å²) in [6.45, 7) is 7.62. The molecule has 2 N–H and O–H groups in total.